The lowest BCUT2D eigenvalue weighted by Gasteiger charge is -2.01. The molecule has 72 valence electrons. The molecule has 4 N–H and O–H groups in total. The molecule has 0 aliphatic rings. The molecule has 3 heteroatoms. The summed E-state index contributed by atoms with van der Waals surface area (Å²) >= 11 is 0. The number of nitrogen functional groups attached to an aromatic ring is 2. The maximum atomic E-state index is 5.92. The van der Waals surface area contributed by atoms with Crippen molar-refractivity contribution < 1.29 is 0 Å². The predicted octanol–water partition coefficient (Wildman–Crippen LogP) is 1.86. The summed E-state index contributed by atoms with van der Waals surface area (Å²) in [6.07, 6.45) is 0. The van der Waals surface area contributed by atoms with Gasteiger partial charge in [0, 0.05) is 12.6 Å². The van der Waals surface area contributed by atoms with Crippen molar-refractivity contribution in [1.82, 2.24) is 4.57 Å². The highest BCUT2D eigenvalue weighted by atomic mass is 15.1. The van der Waals surface area contributed by atoms with Gasteiger partial charge < -0.3 is 16.0 Å². The second kappa shape index (κ2) is 3.10. The van der Waals surface area contributed by atoms with Crippen LogP contribution in [0.25, 0.3) is 11.1 Å². The third-order valence-corrected chi connectivity index (χ3v) is 2.40. The van der Waals surface area contributed by atoms with E-state index < -0.39 is 0 Å². The Kier molecular flexibility index (Phi) is 1.93. The Morgan fingerprint density at radius 3 is 2.21 bits per heavy atom. The van der Waals surface area contributed by atoms with Crippen LogP contribution >= 0.6 is 0 Å². The van der Waals surface area contributed by atoms with Gasteiger partial charge in [-0.15, -0.1) is 0 Å². The first-order chi connectivity index (χ1) is 6.70. The van der Waals surface area contributed by atoms with Crippen LogP contribution in [0, 0.1) is 0 Å². The molecule has 0 aliphatic heterocycles. The van der Waals surface area contributed by atoms with Gasteiger partial charge in [0.1, 0.15) is 11.6 Å². The number of hydrogen-bond donors (Lipinski definition) is 2. The van der Waals surface area contributed by atoms with Crippen molar-refractivity contribution in [2.24, 2.45) is 7.05 Å². The van der Waals surface area contributed by atoms with E-state index in [2.05, 4.69) is 0 Å². The third kappa shape index (κ3) is 1.23. The number of rotatable bonds is 1. The minimum Gasteiger partial charge on any atom is -0.385 e. The Morgan fingerprint density at radius 2 is 1.71 bits per heavy atom. The van der Waals surface area contributed by atoms with Crippen molar-refractivity contribution in [3.63, 3.8) is 0 Å². The fraction of sp³-hybridized carbons (Fsp3) is 0.0909. The van der Waals surface area contributed by atoms with E-state index in [0.717, 1.165) is 11.1 Å². The van der Waals surface area contributed by atoms with Crippen molar-refractivity contribution >= 4 is 11.6 Å². The number of aromatic nitrogens is 1. The maximum absolute atomic E-state index is 5.92. The molecule has 0 fully saturated rings. The van der Waals surface area contributed by atoms with E-state index in [1.165, 1.54) is 0 Å². The first kappa shape index (κ1) is 8.69. The van der Waals surface area contributed by atoms with E-state index in [-0.39, 0.29) is 0 Å². The minimum atomic E-state index is 0.682. The van der Waals surface area contributed by atoms with Gasteiger partial charge in [0.2, 0.25) is 0 Å². The molecule has 1 heterocycles. The highest BCUT2D eigenvalue weighted by Gasteiger charge is 2.08. The smallest absolute Gasteiger partial charge is 0.112 e. The van der Waals surface area contributed by atoms with Gasteiger partial charge in [-0.3, -0.25) is 0 Å². The molecule has 0 bridgehead atoms. The van der Waals surface area contributed by atoms with Gasteiger partial charge in [-0.25, -0.2) is 0 Å². The summed E-state index contributed by atoms with van der Waals surface area (Å²) in [5.74, 6) is 1.38. The molecule has 1 aromatic heterocycles. The van der Waals surface area contributed by atoms with Crippen molar-refractivity contribution in [1.29, 1.82) is 0 Å². The van der Waals surface area contributed by atoms with E-state index in [0.29, 0.717) is 11.6 Å². The lowest BCUT2D eigenvalue weighted by molar-refractivity contribution is 0.955. The van der Waals surface area contributed by atoms with Crippen LogP contribution in [0.1, 0.15) is 0 Å². The van der Waals surface area contributed by atoms with Crippen LogP contribution < -0.4 is 11.5 Å². The van der Waals surface area contributed by atoms with Crippen molar-refractivity contribution in [2.75, 3.05) is 11.5 Å². The van der Waals surface area contributed by atoms with Gasteiger partial charge in [0.15, 0.2) is 0 Å². The summed E-state index contributed by atoms with van der Waals surface area (Å²) in [7, 11) is 1.86. The Hall–Kier alpha value is -1.90. The molecular weight excluding hydrogens is 174 g/mol. The van der Waals surface area contributed by atoms with Crippen molar-refractivity contribution in [3.8, 4) is 11.1 Å². The summed E-state index contributed by atoms with van der Waals surface area (Å²) in [6, 6.07) is 11.9. The molecule has 0 atom stereocenters. The maximum Gasteiger partial charge on any atom is 0.112 e. The van der Waals surface area contributed by atoms with Gasteiger partial charge in [0.25, 0.3) is 0 Å². The van der Waals surface area contributed by atoms with Crippen LogP contribution in [0.5, 0.6) is 0 Å². The molecule has 0 unspecified atom stereocenters. The van der Waals surface area contributed by atoms with Gasteiger partial charge in [-0.1, -0.05) is 30.3 Å². The Bertz CT molecular complexity index is 443. The molecule has 14 heavy (non-hydrogen) atoms. The zero-order valence-electron chi connectivity index (χ0n) is 8.07. The second-order valence-electron chi connectivity index (χ2n) is 3.29. The number of hydrogen-bond acceptors (Lipinski definition) is 2. The standard InChI is InChI=1S/C11H13N3/c1-14-10(12)7-9(11(14)13)8-5-3-2-4-6-8/h2-7H,12-13H2,1H3. The molecule has 0 saturated carbocycles. The number of nitrogens with two attached hydrogens (primary N) is 2. The summed E-state index contributed by atoms with van der Waals surface area (Å²) in [5, 5.41) is 0. The molecule has 0 amide bonds. The Labute approximate surface area is 83.0 Å². The van der Waals surface area contributed by atoms with Crippen LogP contribution in [0.15, 0.2) is 36.4 Å². The average molecular weight is 187 g/mol. The zero-order chi connectivity index (χ0) is 10.1. The normalized spacial score (nSPS) is 10.4. The first-order valence-electron chi connectivity index (χ1n) is 4.46. The molecular formula is C11H13N3. The van der Waals surface area contributed by atoms with Gasteiger partial charge in [-0.05, 0) is 11.6 Å². The average Bonchev–Trinajstić information content (AvgIpc) is 2.47. The largest absolute Gasteiger partial charge is 0.385 e. The van der Waals surface area contributed by atoms with Crippen LogP contribution in [0.2, 0.25) is 0 Å². The van der Waals surface area contributed by atoms with Crippen molar-refractivity contribution in [3.05, 3.63) is 36.4 Å². The fourth-order valence-corrected chi connectivity index (χ4v) is 1.49. The number of benzene rings is 1. The molecule has 0 spiro atoms. The Balaban J connectivity index is 2.58. The minimum absolute atomic E-state index is 0.682. The third-order valence-electron chi connectivity index (χ3n) is 2.40. The summed E-state index contributed by atoms with van der Waals surface area (Å²) < 4.78 is 1.78. The van der Waals surface area contributed by atoms with E-state index in [1.54, 1.807) is 4.57 Å². The van der Waals surface area contributed by atoms with Crippen LogP contribution in [-0.4, -0.2) is 4.57 Å². The quantitative estimate of drug-likeness (QED) is 0.715. The van der Waals surface area contributed by atoms with Gasteiger partial charge >= 0.3 is 0 Å². The van der Waals surface area contributed by atoms with E-state index in [4.69, 9.17) is 11.5 Å². The Morgan fingerprint density at radius 1 is 1.07 bits per heavy atom. The van der Waals surface area contributed by atoms with Gasteiger partial charge in [-0.2, -0.15) is 0 Å². The fourth-order valence-electron chi connectivity index (χ4n) is 1.49. The van der Waals surface area contributed by atoms with Crippen LogP contribution in [0.3, 0.4) is 0 Å². The molecule has 3 nitrogen and oxygen atoms in total. The first-order valence-corrected chi connectivity index (χ1v) is 4.46. The summed E-state index contributed by atoms with van der Waals surface area (Å²) in [6.45, 7) is 0. The molecule has 1 aromatic carbocycles. The lowest BCUT2D eigenvalue weighted by atomic mass is 10.1. The molecule has 0 radical (unpaired) electrons. The van der Waals surface area contributed by atoms with Crippen LogP contribution in [0.4, 0.5) is 11.6 Å². The lowest BCUT2D eigenvalue weighted by Crippen LogP contribution is -2.00. The monoisotopic (exact) mass is 187 g/mol. The number of nitrogens with zero attached hydrogens (tertiary/aromatic N) is 1. The summed E-state index contributed by atoms with van der Waals surface area (Å²) in [4.78, 5) is 0. The highest BCUT2D eigenvalue weighted by molar-refractivity contribution is 5.78. The van der Waals surface area contributed by atoms with E-state index >= 15 is 0 Å². The molecule has 2 rings (SSSR count). The molecule has 0 aliphatic carbocycles. The topological polar surface area (TPSA) is 57.0 Å². The molecule has 2 aromatic rings. The van der Waals surface area contributed by atoms with Crippen LogP contribution in [-0.2, 0) is 7.05 Å². The van der Waals surface area contributed by atoms with E-state index in [9.17, 15) is 0 Å². The van der Waals surface area contributed by atoms with E-state index in [1.807, 2.05) is 43.4 Å². The SMILES string of the molecule is Cn1c(N)cc(-c2ccccc2)c1N. The molecule has 0 saturated heterocycles. The highest BCUT2D eigenvalue weighted by Crippen LogP contribution is 2.29. The predicted molar refractivity (Wildman–Crippen MR) is 59.7 cm³/mol. The van der Waals surface area contributed by atoms with Crippen molar-refractivity contribution in [2.45, 2.75) is 0 Å². The zero-order valence-corrected chi connectivity index (χ0v) is 8.07. The second-order valence-corrected chi connectivity index (χ2v) is 3.29. The van der Waals surface area contributed by atoms with Gasteiger partial charge in [0.05, 0.1) is 0 Å². The summed E-state index contributed by atoms with van der Waals surface area (Å²) in [5.41, 5.74) is 13.8. The number of anilines is 2.